The van der Waals surface area contributed by atoms with Gasteiger partial charge in [-0.2, -0.15) is 0 Å². The molecular formula is C13H20N4O2. The minimum atomic E-state index is -0.394. The van der Waals surface area contributed by atoms with Gasteiger partial charge in [0.15, 0.2) is 0 Å². The van der Waals surface area contributed by atoms with Crippen LogP contribution in [-0.4, -0.2) is 22.5 Å². The van der Waals surface area contributed by atoms with E-state index in [1.54, 1.807) is 6.07 Å². The van der Waals surface area contributed by atoms with E-state index in [1.165, 1.54) is 12.5 Å². The Hall–Kier alpha value is -1.69. The van der Waals surface area contributed by atoms with E-state index in [9.17, 15) is 10.1 Å². The van der Waals surface area contributed by atoms with Crippen LogP contribution in [-0.2, 0) is 0 Å². The van der Waals surface area contributed by atoms with Gasteiger partial charge >= 0.3 is 5.69 Å². The average molecular weight is 264 g/mol. The van der Waals surface area contributed by atoms with E-state index in [1.807, 2.05) is 6.92 Å². The summed E-state index contributed by atoms with van der Waals surface area (Å²) >= 11 is 0. The van der Waals surface area contributed by atoms with Crippen LogP contribution in [0.5, 0.6) is 0 Å². The number of hydrogen-bond donors (Lipinski definition) is 2. The lowest BCUT2D eigenvalue weighted by molar-refractivity contribution is -0.384. The van der Waals surface area contributed by atoms with Crippen molar-refractivity contribution < 1.29 is 4.92 Å². The van der Waals surface area contributed by atoms with Crippen LogP contribution >= 0.6 is 0 Å². The highest BCUT2D eigenvalue weighted by Gasteiger charge is 2.26. The maximum Gasteiger partial charge on any atom is 0.311 e. The Kier molecular flexibility index (Phi) is 4.31. The van der Waals surface area contributed by atoms with Crippen LogP contribution in [0.15, 0.2) is 12.1 Å². The first-order chi connectivity index (χ1) is 9.11. The largest absolute Gasteiger partial charge is 0.361 e. The summed E-state index contributed by atoms with van der Waals surface area (Å²) in [7, 11) is 0. The highest BCUT2D eigenvalue weighted by atomic mass is 16.6. The number of pyridine rings is 1. The van der Waals surface area contributed by atoms with E-state index in [4.69, 9.17) is 5.73 Å². The molecule has 0 amide bonds. The fourth-order valence-electron chi connectivity index (χ4n) is 2.66. The molecule has 0 aliphatic heterocycles. The second kappa shape index (κ2) is 5.97. The molecule has 0 radical (unpaired) electrons. The lowest BCUT2D eigenvalue weighted by atomic mass is 9.84. The number of nitrogens with two attached hydrogens (primary N) is 1. The lowest BCUT2D eigenvalue weighted by Gasteiger charge is -2.31. The molecule has 0 saturated heterocycles. The number of aryl methyl sites for hydroxylation is 1. The van der Waals surface area contributed by atoms with Crippen LogP contribution in [0.1, 0.15) is 31.4 Å². The molecule has 0 spiro atoms. The zero-order valence-corrected chi connectivity index (χ0v) is 11.1. The Morgan fingerprint density at radius 2 is 2.21 bits per heavy atom. The van der Waals surface area contributed by atoms with Crippen molar-refractivity contribution in [2.24, 2.45) is 11.7 Å². The Morgan fingerprint density at radius 3 is 2.89 bits per heavy atom. The topological polar surface area (TPSA) is 94.1 Å². The molecule has 104 valence electrons. The van der Waals surface area contributed by atoms with Crippen LogP contribution in [0.3, 0.4) is 0 Å². The summed E-state index contributed by atoms with van der Waals surface area (Å²) in [6.07, 6.45) is 4.39. The first-order valence-electron chi connectivity index (χ1n) is 6.70. The van der Waals surface area contributed by atoms with E-state index in [0.717, 1.165) is 25.0 Å². The van der Waals surface area contributed by atoms with Gasteiger partial charge in [0.25, 0.3) is 0 Å². The molecule has 6 nitrogen and oxygen atoms in total. The fourth-order valence-corrected chi connectivity index (χ4v) is 2.66. The molecule has 1 fully saturated rings. The molecular weight excluding hydrogens is 244 g/mol. The molecule has 1 aromatic rings. The smallest absolute Gasteiger partial charge is 0.311 e. The van der Waals surface area contributed by atoms with Crippen LogP contribution in [0, 0.1) is 23.0 Å². The van der Waals surface area contributed by atoms with Gasteiger partial charge in [-0.15, -0.1) is 0 Å². The second-order valence-corrected chi connectivity index (χ2v) is 5.11. The minimum absolute atomic E-state index is 0.0342. The van der Waals surface area contributed by atoms with Crippen LogP contribution in [0.4, 0.5) is 11.5 Å². The SMILES string of the molecule is Cc1ccc([N+](=O)[O-])c(NC2CCCCC2CN)n1. The van der Waals surface area contributed by atoms with Crippen molar-refractivity contribution in [1.29, 1.82) is 0 Å². The lowest BCUT2D eigenvalue weighted by Crippen LogP contribution is -2.37. The molecule has 2 unspecified atom stereocenters. The van der Waals surface area contributed by atoms with Gasteiger partial charge in [-0.3, -0.25) is 10.1 Å². The molecule has 1 aliphatic carbocycles. The summed E-state index contributed by atoms with van der Waals surface area (Å²) in [5, 5.41) is 14.3. The van der Waals surface area contributed by atoms with Gasteiger partial charge in [-0.05, 0) is 38.3 Å². The summed E-state index contributed by atoms with van der Waals surface area (Å²) in [5.74, 6) is 0.742. The quantitative estimate of drug-likeness (QED) is 0.642. The van der Waals surface area contributed by atoms with Crippen molar-refractivity contribution >= 4 is 11.5 Å². The predicted octanol–water partition coefficient (Wildman–Crippen LogP) is 2.23. The van der Waals surface area contributed by atoms with E-state index in [0.29, 0.717) is 18.3 Å². The summed E-state index contributed by atoms with van der Waals surface area (Å²) in [4.78, 5) is 14.9. The first-order valence-corrected chi connectivity index (χ1v) is 6.70. The predicted molar refractivity (Wildman–Crippen MR) is 74.1 cm³/mol. The molecule has 3 N–H and O–H groups in total. The summed E-state index contributed by atoms with van der Waals surface area (Å²) in [5.41, 5.74) is 6.59. The van der Waals surface area contributed by atoms with Crippen molar-refractivity contribution in [3.05, 3.63) is 27.9 Å². The van der Waals surface area contributed by atoms with Gasteiger partial charge in [-0.1, -0.05) is 12.8 Å². The Balaban J connectivity index is 2.21. The standard InChI is InChI=1S/C13H20N4O2/c1-9-6-7-12(17(18)19)13(15-9)16-11-5-3-2-4-10(11)8-14/h6-7,10-11H,2-5,8,14H2,1H3,(H,15,16). The zero-order valence-electron chi connectivity index (χ0n) is 11.1. The number of nitro groups is 1. The molecule has 0 aromatic carbocycles. The Bertz CT molecular complexity index is 464. The highest BCUT2D eigenvalue weighted by molar-refractivity contribution is 5.56. The molecule has 1 aromatic heterocycles. The Morgan fingerprint density at radius 1 is 1.47 bits per heavy atom. The molecule has 6 heteroatoms. The third-order valence-electron chi connectivity index (χ3n) is 3.74. The van der Waals surface area contributed by atoms with Gasteiger partial charge < -0.3 is 11.1 Å². The van der Waals surface area contributed by atoms with Crippen molar-refractivity contribution in [2.75, 3.05) is 11.9 Å². The van der Waals surface area contributed by atoms with E-state index < -0.39 is 4.92 Å². The molecule has 1 aliphatic rings. The average Bonchev–Trinajstić information content (AvgIpc) is 2.39. The van der Waals surface area contributed by atoms with Gasteiger partial charge in [0.2, 0.25) is 5.82 Å². The van der Waals surface area contributed by atoms with E-state index in [2.05, 4.69) is 10.3 Å². The van der Waals surface area contributed by atoms with Crippen LogP contribution < -0.4 is 11.1 Å². The molecule has 1 saturated carbocycles. The first kappa shape index (κ1) is 13.7. The molecule has 19 heavy (non-hydrogen) atoms. The second-order valence-electron chi connectivity index (χ2n) is 5.11. The molecule has 0 bridgehead atoms. The number of hydrogen-bond acceptors (Lipinski definition) is 5. The molecule has 2 atom stereocenters. The highest BCUT2D eigenvalue weighted by Crippen LogP contribution is 2.29. The van der Waals surface area contributed by atoms with Crippen LogP contribution in [0.25, 0.3) is 0 Å². The van der Waals surface area contributed by atoms with Gasteiger partial charge in [0.05, 0.1) is 4.92 Å². The minimum Gasteiger partial charge on any atom is -0.361 e. The molecule has 2 rings (SSSR count). The number of rotatable bonds is 4. The monoisotopic (exact) mass is 264 g/mol. The van der Waals surface area contributed by atoms with E-state index >= 15 is 0 Å². The normalized spacial score (nSPS) is 23.1. The summed E-state index contributed by atoms with van der Waals surface area (Å²) in [6, 6.07) is 3.35. The van der Waals surface area contributed by atoms with Crippen molar-refractivity contribution in [1.82, 2.24) is 4.98 Å². The number of nitrogens with one attached hydrogen (secondary N) is 1. The van der Waals surface area contributed by atoms with Gasteiger partial charge in [0, 0.05) is 17.8 Å². The number of nitrogens with zero attached hydrogens (tertiary/aromatic N) is 2. The zero-order chi connectivity index (χ0) is 13.8. The third-order valence-corrected chi connectivity index (χ3v) is 3.74. The Labute approximate surface area is 112 Å². The maximum absolute atomic E-state index is 11.0. The van der Waals surface area contributed by atoms with Gasteiger partial charge in [0.1, 0.15) is 0 Å². The molecule has 1 heterocycles. The summed E-state index contributed by atoms with van der Waals surface area (Å²) in [6.45, 7) is 2.44. The van der Waals surface area contributed by atoms with Crippen molar-refractivity contribution in [3.8, 4) is 0 Å². The fraction of sp³-hybridized carbons (Fsp3) is 0.615. The number of aromatic nitrogens is 1. The van der Waals surface area contributed by atoms with Crippen molar-refractivity contribution in [3.63, 3.8) is 0 Å². The van der Waals surface area contributed by atoms with Gasteiger partial charge in [-0.25, -0.2) is 4.98 Å². The van der Waals surface area contributed by atoms with Crippen LogP contribution in [0.2, 0.25) is 0 Å². The maximum atomic E-state index is 11.0. The third kappa shape index (κ3) is 3.20. The van der Waals surface area contributed by atoms with E-state index in [-0.39, 0.29) is 11.7 Å². The summed E-state index contributed by atoms with van der Waals surface area (Å²) < 4.78 is 0. The number of anilines is 1. The van der Waals surface area contributed by atoms with Crippen molar-refractivity contribution in [2.45, 2.75) is 38.6 Å².